The molecule has 0 fully saturated rings. The molecule has 0 aliphatic rings. The van der Waals surface area contributed by atoms with Crippen LogP contribution < -0.4 is 5.32 Å². The van der Waals surface area contributed by atoms with E-state index < -0.39 is 5.51 Å². The molecule has 2 rings (SSSR count). The molecular weight excluding hydrogens is 387 g/mol. The maximum absolute atomic E-state index is 12.5. The summed E-state index contributed by atoms with van der Waals surface area (Å²) in [5.74, 6) is 0. The normalized spacial score (nSPS) is 11.5. The number of para-hydroxylation sites is 1. The number of nitrogens with one attached hydrogen (secondary N) is 1. The number of anilines is 1. The van der Waals surface area contributed by atoms with Crippen molar-refractivity contribution in [2.24, 2.45) is 0 Å². The summed E-state index contributed by atoms with van der Waals surface area (Å²) in [5.41, 5.74) is -2.98. The highest BCUT2D eigenvalue weighted by atomic mass is 79.9. The zero-order chi connectivity index (χ0) is 15.5. The molecule has 0 bridgehead atoms. The van der Waals surface area contributed by atoms with E-state index in [1.165, 1.54) is 6.07 Å². The minimum absolute atomic E-state index is 0.128. The summed E-state index contributed by atoms with van der Waals surface area (Å²) in [6.45, 7) is 0.391. The Morgan fingerprint density at radius 2 is 1.86 bits per heavy atom. The van der Waals surface area contributed by atoms with Gasteiger partial charge in [0.1, 0.15) is 0 Å². The number of rotatable bonds is 4. The molecule has 0 atom stereocenters. The minimum Gasteiger partial charge on any atom is -0.380 e. The molecule has 0 unspecified atom stereocenters. The van der Waals surface area contributed by atoms with Crippen molar-refractivity contribution in [2.45, 2.75) is 16.9 Å². The second-order valence-corrected chi connectivity index (χ2v) is 6.51. The molecule has 0 saturated carbocycles. The van der Waals surface area contributed by atoms with Crippen LogP contribution in [0.25, 0.3) is 0 Å². The van der Waals surface area contributed by atoms with Crippen LogP contribution in [0.5, 0.6) is 0 Å². The maximum atomic E-state index is 12.5. The highest BCUT2D eigenvalue weighted by Crippen LogP contribution is 2.40. The quantitative estimate of drug-likeness (QED) is 0.606. The smallest absolute Gasteiger partial charge is 0.380 e. The molecular formula is C14H10BrClF3NS. The van der Waals surface area contributed by atoms with E-state index in [0.717, 1.165) is 10.0 Å². The molecule has 0 aliphatic carbocycles. The molecule has 1 N–H and O–H groups in total. The first-order valence-electron chi connectivity index (χ1n) is 5.88. The number of hydrogen-bond acceptors (Lipinski definition) is 2. The van der Waals surface area contributed by atoms with Gasteiger partial charge in [0.2, 0.25) is 0 Å². The molecule has 0 aliphatic heterocycles. The van der Waals surface area contributed by atoms with Crippen molar-refractivity contribution >= 4 is 45.0 Å². The maximum Gasteiger partial charge on any atom is 0.446 e. The summed E-state index contributed by atoms with van der Waals surface area (Å²) in [7, 11) is 0. The lowest BCUT2D eigenvalue weighted by molar-refractivity contribution is -0.0327. The van der Waals surface area contributed by atoms with Gasteiger partial charge in [-0.15, -0.1) is 0 Å². The Balaban J connectivity index is 2.11. The van der Waals surface area contributed by atoms with Crippen LogP contribution in [0.1, 0.15) is 5.56 Å². The predicted octanol–water partition coefficient (Wildman–Crippen LogP) is 6.33. The summed E-state index contributed by atoms with van der Waals surface area (Å²) in [4.78, 5) is 0.146. The van der Waals surface area contributed by atoms with Gasteiger partial charge in [-0.05, 0) is 57.5 Å². The Hall–Kier alpha value is -0.850. The van der Waals surface area contributed by atoms with Crippen LogP contribution in [0.2, 0.25) is 5.02 Å². The van der Waals surface area contributed by atoms with E-state index in [1.54, 1.807) is 30.3 Å². The van der Waals surface area contributed by atoms with E-state index in [4.69, 9.17) is 11.6 Å². The van der Waals surface area contributed by atoms with Gasteiger partial charge < -0.3 is 5.32 Å². The molecule has 112 valence electrons. The summed E-state index contributed by atoms with van der Waals surface area (Å²) < 4.78 is 38.3. The van der Waals surface area contributed by atoms with E-state index in [-0.39, 0.29) is 16.7 Å². The highest BCUT2D eigenvalue weighted by Gasteiger charge is 2.30. The molecule has 0 spiro atoms. The summed E-state index contributed by atoms with van der Waals surface area (Å²) in [6, 6.07) is 11.7. The van der Waals surface area contributed by atoms with E-state index >= 15 is 0 Å². The van der Waals surface area contributed by atoms with Crippen LogP contribution in [0, 0.1) is 0 Å². The molecule has 21 heavy (non-hydrogen) atoms. The monoisotopic (exact) mass is 395 g/mol. The molecule has 0 aromatic heterocycles. The van der Waals surface area contributed by atoms with Gasteiger partial charge in [-0.3, -0.25) is 0 Å². The third-order valence-corrected chi connectivity index (χ3v) is 4.62. The van der Waals surface area contributed by atoms with Gasteiger partial charge in [0.15, 0.2) is 0 Å². The van der Waals surface area contributed by atoms with Crippen molar-refractivity contribution in [1.29, 1.82) is 0 Å². The molecule has 0 heterocycles. The number of halogens is 5. The summed E-state index contributed by atoms with van der Waals surface area (Å²) >= 11 is 9.15. The second-order valence-electron chi connectivity index (χ2n) is 4.15. The second kappa shape index (κ2) is 6.94. The third kappa shape index (κ3) is 5.13. The standard InChI is InChI=1S/C14H10BrClF3NS/c15-10-6-5-9(7-11(10)16)8-20-12-3-1-2-4-13(12)21-14(17,18)19/h1-7,20H,8H2. The molecule has 0 saturated heterocycles. The van der Waals surface area contributed by atoms with Gasteiger partial charge in [0, 0.05) is 21.6 Å². The number of benzene rings is 2. The van der Waals surface area contributed by atoms with Crippen molar-refractivity contribution in [3.8, 4) is 0 Å². The van der Waals surface area contributed by atoms with Crippen molar-refractivity contribution in [3.05, 3.63) is 57.5 Å². The number of hydrogen-bond donors (Lipinski definition) is 1. The molecule has 2 aromatic rings. The van der Waals surface area contributed by atoms with Crippen LogP contribution in [0.15, 0.2) is 51.8 Å². The van der Waals surface area contributed by atoms with Gasteiger partial charge in [0.25, 0.3) is 0 Å². The first-order valence-corrected chi connectivity index (χ1v) is 7.86. The first-order chi connectivity index (χ1) is 9.85. The highest BCUT2D eigenvalue weighted by molar-refractivity contribution is 9.10. The lowest BCUT2D eigenvalue weighted by atomic mass is 10.2. The van der Waals surface area contributed by atoms with E-state index in [0.29, 0.717) is 17.3 Å². The Kier molecular flexibility index (Phi) is 5.46. The summed E-state index contributed by atoms with van der Waals surface area (Å²) in [5, 5.41) is 3.57. The fourth-order valence-electron chi connectivity index (χ4n) is 1.67. The molecule has 0 amide bonds. The largest absolute Gasteiger partial charge is 0.446 e. The Bertz CT molecular complexity index is 634. The molecule has 7 heteroatoms. The zero-order valence-electron chi connectivity index (χ0n) is 10.5. The van der Waals surface area contributed by atoms with Gasteiger partial charge in [0.05, 0.1) is 5.02 Å². The lowest BCUT2D eigenvalue weighted by Gasteiger charge is -2.13. The minimum atomic E-state index is -4.31. The molecule has 1 nitrogen and oxygen atoms in total. The van der Waals surface area contributed by atoms with Crippen LogP contribution in [0.4, 0.5) is 18.9 Å². The first kappa shape index (κ1) is 16.5. The predicted molar refractivity (Wildman–Crippen MR) is 84.8 cm³/mol. The average molecular weight is 397 g/mol. The number of alkyl halides is 3. The summed E-state index contributed by atoms with van der Waals surface area (Å²) in [6.07, 6.45) is 0. The molecule has 2 aromatic carbocycles. The van der Waals surface area contributed by atoms with Gasteiger partial charge in [-0.1, -0.05) is 29.8 Å². The van der Waals surface area contributed by atoms with Gasteiger partial charge >= 0.3 is 5.51 Å². The Morgan fingerprint density at radius 1 is 1.14 bits per heavy atom. The topological polar surface area (TPSA) is 12.0 Å². The average Bonchev–Trinajstić information content (AvgIpc) is 2.40. The SMILES string of the molecule is FC(F)(F)Sc1ccccc1NCc1ccc(Br)c(Cl)c1. The van der Waals surface area contributed by atoms with Crippen LogP contribution in [-0.2, 0) is 6.54 Å². The fourth-order valence-corrected chi connectivity index (χ4v) is 2.77. The Labute approximate surface area is 138 Å². The fraction of sp³-hybridized carbons (Fsp3) is 0.143. The Morgan fingerprint density at radius 3 is 2.52 bits per heavy atom. The van der Waals surface area contributed by atoms with Crippen molar-refractivity contribution in [3.63, 3.8) is 0 Å². The number of thioether (sulfide) groups is 1. The van der Waals surface area contributed by atoms with Gasteiger partial charge in [-0.25, -0.2) is 0 Å². The van der Waals surface area contributed by atoms with E-state index in [1.807, 2.05) is 6.07 Å². The van der Waals surface area contributed by atoms with Crippen LogP contribution >= 0.6 is 39.3 Å². The van der Waals surface area contributed by atoms with E-state index in [2.05, 4.69) is 21.2 Å². The van der Waals surface area contributed by atoms with Crippen molar-refractivity contribution in [1.82, 2.24) is 0 Å². The van der Waals surface area contributed by atoms with Crippen LogP contribution in [0.3, 0.4) is 0 Å². The lowest BCUT2D eigenvalue weighted by Crippen LogP contribution is -2.04. The molecule has 0 radical (unpaired) electrons. The van der Waals surface area contributed by atoms with Crippen LogP contribution in [-0.4, -0.2) is 5.51 Å². The zero-order valence-corrected chi connectivity index (χ0v) is 13.7. The van der Waals surface area contributed by atoms with Crippen molar-refractivity contribution < 1.29 is 13.2 Å². The van der Waals surface area contributed by atoms with E-state index in [9.17, 15) is 13.2 Å². The van der Waals surface area contributed by atoms with Gasteiger partial charge in [-0.2, -0.15) is 13.2 Å². The third-order valence-electron chi connectivity index (χ3n) is 2.58. The van der Waals surface area contributed by atoms with Crippen molar-refractivity contribution in [2.75, 3.05) is 5.32 Å².